The number of aromatic nitrogens is 2. The fourth-order valence-electron chi connectivity index (χ4n) is 2.25. The lowest BCUT2D eigenvalue weighted by Crippen LogP contribution is -2.41. The Morgan fingerprint density at radius 2 is 1.95 bits per heavy atom. The highest BCUT2D eigenvalue weighted by molar-refractivity contribution is 5.37. The van der Waals surface area contributed by atoms with E-state index in [0.717, 1.165) is 30.3 Å². The first-order valence-electron chi connectivity index (χ1n) is 7.00. The molecule has 19 heavy (non-hydrogen) atoms. The van der Waals surface area contributed by atoms with Crippen LogP contribution < -0.4 is 5.32 Å². The van der Waals surface area contributed by atoms with Crippen LogP contribution in [0, 0.1) is 12.3 Å². The maximum absolute atomic E-state index is 4.48. The molecule has 0 bridgehead atoms. The predicted octanol–water partition coefficient (Wildman–Crippen LogP) is 2.74. The molecule has 1 rings (SSSR count). The number of hydrogen-bond acceptors (Lipinski definition) is 4. The van der Waals surface area contributed by atoms with Crippen LogP contribution in [0.15, 0.2) is 6.07 Å². The van der Waals surface area contributed by atoms with Crippen molar-refractivity contribution >= 4 is 5.82 Å². The highest BCUT2D eigenvalue weighted by atomic mass is 15.1. The zero-order valence-corrected chi connectivity index (χ0v) is 13.4. The van der Waals surface area contributed by atoms with Gasteiger partial charge in [0.2, 0.25) is 0 Å². The van der Waals surface area contributed by atoms with Crippen LogP contribution in [0.5, 0.6) is 0 Å². The van der Waals surface area contributed by atoms with E-state index in [-0.39, 0.29) is 5.41 Å². The lowest BCUT2D eigenvalue weighted by atomic mass is 9.85. The summed E-state index contributed by atoms with van der Waals surface area (Å²) >= 11 is 0. The van der Waals surface area contributed by atoms with Crippen molar-refractivity contribution in [1.29, 1.82) is 0 Å². The summed E-state index contributed by atoms with van der Waals surface area (Å²) < 4.78 is 0. The molecule has 1 unspecified atom stereocenters. The Bertz CT molecular complexity index is 413. The third kappa shape index (κ3) is 4.78. The molecule has 0 saturated heterocycles. The minimum atomic E-state index is 0.175. The molecule has 4 heteroatoms. The number of hydrogen-bond donors (Lipinski definition) is 1. The molecule has 0 amide bonds. The van der Waals surface area contributed by atoms with Gasteiger partial charge in [0.25, 0.3) is 0 Å². The third-order valence-electron chi connectivity index (χ3n) is 3.51. The number of anilines is 1. The van der Waals surface area contributed by atoms with Gasteiger partial charge in [-0.1, -0.05) is 20.8 Å². The first-order chi connectivity index (χ1) is 8.74. The molecule has 0 fully saturated rings. The molecular weight excluding hydrogens is 236 g/mol. The van der Waals surface area contributed by atoms with Gasteiger partial charge in [0.15, 0.2) is 0 Å². The largest absolute Gasteiger partial charge is 0.367 e. The van der Waals surface area contributed by atoms with E-state index in [2.05, 4.69) is 68.0 Å². The second-order valence-electron chi connectivity index (χ2n) is 6.24. The fraction of sp³-hybridized carbons (Fsp3) is 0.733. The van der Waals surface area contributed by atoms with Gasteiger partial charge in [0.05, 0.1) is 0 Å². The second kappa shape index (κ2) is 6.33. The van der Waals surface area contributed by atoms with E-state index in [4.69, 9.17) is 0 Å². The fourth-order valence-corrected chi connectivity index (χ4v) is 2.25. The number of aryl methyl sites for hydroxylation is 2. The van der Waals surface area contributed by atoms with Gasteiger partial charge in [0, 0.05) is 24.3 Å². The quantitative estimate of drug-likeness (QED) is 0.858. The van der Waals surface area contributed by atoms with Crippen molar-refractivity contribution in [2.45, 2.75) is 47.1 Å². The maximum Gasteiger partial charge on any atom is 0.130 e. The van der Waals surface area contributed by atoms with Gasteiger partial charge < -0.3 is 10.2 Å². The Morgan fingerprint density at radius 1 is 1.32 bits per heavy atom. The molecule has 108 valence electrons. The van der Waals surface area contributed by atoms with Crippen LogP contribution >= 0.6 is 0 Å². The highest BCUT2D eigenvalue weighted by Gasteiger charge is 2.26. The van der Waals surface area contributed by atoms with E-state index >= 15 is 0 Å². The van der Waals surface area contributed by atoms with Crippen molar-refractivity contribution in [3.8, 4) is 0 Å². The molecule has 0 aliphatic carbocycles. The van der Waals surface area contributed by atoms with E-state index in [0.29, 0.717) is 6.04 Å². The van der Waals surface area contributed by atoms with Gasteiger partial charge >= 0.3 is 0 Å². The molecular formula is C15H28N4. The SMILES string of the molecule is CCc1cc(NC(C)C(C)(C)CN(C)C)nc(C)n1. The van der Waals surface area contributed by atoms with Crippen molar-refractivity contribution in [1.82, 2.24) is 14.9 Å². The monoisotopic (exact) mass is 264 g/mol. The Balaban J connectivity index is 2.81. The Hall–Kier alpha value is -1.16. The number of nitrogens with one attached hydrogen (secondary N) is 1. The summed E-state index contributed by atoms with van der Waals surface area (Å²) in [5, 5.41) is 3.53. The molecule has 0 radical (unpaired) electrons. The molecule has 0 aliphatic heterocycles. The molecule has 0 spiro atoms. The van der Waals surface area contributed by atoms with E-state index in [1.807, 2.05) is 6.92 Å². The summed E-state index contributed by atoms with van der Waals surface area (Å²) in [7, 11) is 4.22. The van der Waals surface area contributed by atoms with E-state index in [1.165, 1.54) is 0 Å². The van der Waals surface area contributed by atoms with Crippen LogP contribution in [0.25, 0.3) is 0 Å². The Labute approximate surface area is 117 Å². The van der Waals surface area contributed by atoms with E-state index in [1.54, 1.807) is 0 Å². The van der Waals surface area contributed by atoms with Gasteiger partial charge in [0.1, 0.15) is 11.6 Å². The standard InChI is InChI=1S/C15H28N4/c1-8-13-9-14(18-12(3)17-13)16-11(2)15(4,5)10-19(6)7/h9,11H,8,10H2,1-7H3,(H,16,17,18). The van der Waals surface area contributed by atoms with Crippen molar-refractivity contribution < 1.29 is 0 Å². The van der Waals surface area contributed by atoms with Crippen LogP contribution in [0.3, 0.4) is 0 Å². The van der Waals surface area contributed by atoms with Gasteiger partial charge in [-0.25, -0.2) is 9.97 Å². The lowest BCUT2D eigenvalue weighted by molar-refractivity contribution is 0.217. The van der Waals surface area contributed by atoms with Crippen LogP contribution in [0.4, 0.5) is 5.82 Å². The molecule has 1 atom stereocenters. The minimum Gasteiger partial charge on any atom is -0.367 e. The summed E-state index contributed by atoms with van der Waals surface area (Å²) in [5.41, 5.74) is 1.27. The highest BCUT2D eigenvalue weighted by Crippen LogP contribution is 2.24. The molecule has 0 aromatic carbocycles. The topological polar surface area (TPSA) is 41.0 Å². The molecule has 1 aromatic heterocycles. The van der Waals surface area contributed by atoms with Crippen LogP contribution in [-0.4, -0.2) is 41.5 Å². The van der Waals surface area contributed by atoms with Crippen LogP contribution in [-0.2, 0) is 6.42 Å². The summed E-state index contributed by atoms with van der Waals surface area (Å²) in [6.07, 6.45) is 0.938. The van der Waals surface area contributed by atoms with E-state index < -0.39 is 0 Å². The normalized spacial score (nSPS) is 13.7. The second-order valence-corrected chi connectivity index (χ2v) is 6.24. The molecule has 1 heterocycles. The predicted molar refractivity (Wildman–Crippen MR) is 81.6 cm³/mol. The first kappa shape index (κ1) is 15.9. The third-order valence-corrected chi connectivity index (χ3v) is 3.51. The average Bonchev–Trinajstić information content (AvgIpc) is 2.26. The van der Waals surface area contributed by atoms with Gasteiger partial charge in [-0.3, -0.25) is 0 Å². The Kier molecular flexibility index (Phi) is 5.29. The first-order valence-corrected chi connectivity index (χ1v) is 7.00. The van der Waals surface area contributed by atoms with E-state index in [9.17, 15) is 0 Å². The zero-order chi connectivity index (χ0) is 14.6. The minimum absolute atomic E-state index is 0.175. The van der Waals surface area contributed by atoms with Crippen molar-refractivity contribution in [3.63, 3.8) is 0 Å². The molecule has 1 aromatic rings. The van der Waals surface area contributed by atoms with Gasteiger partial charge in [-0.2, -0.15) is 0 Å². The van der Waals surface area contributed by atoms with Gasteiger partial charge in [-0.15, -0.1) is 0 Å². The van der Waals surface area contributed by atoms with Gasteiger partial charge in [-0.05, 0) is 39.8 Å². The number of nitrogens with zero attached hydrogens (tertiary/aromatic N) is 3. The molecule has 0 aliphatic rings. The summed E-state index contributed by atoms with van der Waals surface area (Å²) in [6.45, 7) is 11.9. The van der Waals surface area contributed by atoms with Crippen molar-refractivity contribution in [3.05, 3.63) is 17.6 Å². The zero-order valence-electron chi connectivity index (χ0n) is 13.4. The summed E-state index contributed by atoms with van der Waals surface area (Å²) in [4.78, 5) is 11.1. The van der Waals surface area contributed by atoms with Crippen LogP contribution in [0.1, 0.15) is 39.2 Å². The van der Waals surface area contributed by atoms with Crippen molar-refractivity contribution in [2.24, 2.45) is 5.41 Å². The molecule has 4 nitrogen and oxygen atoms in total. The maximum atomic E-state index is 4.48. The lowest BCUT2D eigenvalue weighted by Gasteiger charge is -2.35. The molecule has 1 N–H and O–H groups in total. The van der Waals surface area contributed by atoms with Crippen molar-refractivity contribution in [2.75, 3.05) is 26.0 Å². The Morgan fingerprint density at radius 3 is 2.47 bits per heavy atom. The summed E-state index contributed by atoms with van der Waals surface area (Å²) in [6, 6.07) is 2.39. The molecule has 0 saturated carbocycles. The number of rotatable bonds is 6. The van der Waals surface area contributed by atoms with Crippen LogP contribution in [0.2, 0.25) is 0 Å². The summed E-state index contributed by atoms with van der Waals surface area (Å²) in [5.74, 6) is 1.77. The smallest absolute Gasteiger partial charge is 0.130 e. The average molecular weight is 264 g/mol.